The molecule has 7 nitrogen and oxygen atoms in total. The van der Waals surface area contributed by atoms with Gasteiger partial charge in [-0.25, -0.2) is 0 Å². The first kappa shape index (κ1) is 19.6. The van der Waals surface area contributed by atoms with Gasteiger partial charge in [0.05, 0.1) is 24.5 Å². The summed E-state index contributed by atoms with van der Waals surface area (Å²) in [5.41, 5.74) is 0.335. The highest BCUT2D eigenvalue weighted by Crippen LogP contribution is 2.35. The SMILES string of the molecule is O=C(NC(=S)Nc1cc(Br)c(O)c(Br)c1)c1ccc([N+](=O)[O-])cc1Cl. The van der Waals surface area contributed by atoms with Crippen LogP contribution in [0.4, 0.5) is 11.4 Å². The molecule has 3 N–H and O–H groups in total. The van der Waals surface area contributed by atoms with E-state index < -0.39 is 10.8 Å². The number of hydrogen-bond acceptors (Lipinski definition) is 5. The minimum Gasteiger partial charge on any atom is -0.506 e. The lowest BCUT2D eigenvalue weighted by Crippen LogP contribution is -2.34. The van der Waals surface area contributed by atoms with Crippen LogP contribution in [0.3, 0.4) is 0 Å². The number of nitro groups is 1. The first-order chi connectivity index (χ1) is 11.7. The Hall–Kier alpha value is -1.75. The first-order valence-electron chi connectivity index (χ1n) is 6.43. The number of benzene rings is 2. The fraction of sp³-hybridized carbons (Fsp3) is 0. The summed E-state index contributed by atoms with van der Waals surface area (Å²) in [6.07, 6.45) is 0. The number of nitro benzene ring substituents is 1. The molecule has 0 bridgehead atoms. The van der Waals surface area contributed by atoms with Crippen LogP contribution in [0.15, 0.2) is 39.3 Å². The second-order valence-corrected chi connectivity index (χ2v) is 7.14. The molecular formula is C14H8Br2ClN3O4S. The number of non-ortho nitro benzene ring substituents is 1. The van der Waals surface area contributed by atoms with E-state index in [1.54, 1.807) is 12.1 Å². The van der Waals surface area contributed by atoms with Gasteiger partial charge in [0.1, 0.15) is 5.75 Å². The molecule has 11 heteroatoms. The van der Waals surface area contributed by atoms with Crippen molar-refractivity contribution in [2.24, 2.45) is 0 Å². The largest absolute Gasteiger partial charge is 0.506 e. The maximum absolute atomic E-state index is 12.2. The van der Waals surface area contributed by atoms with Crippen molar-refractivity contribution in [2.45, 2.75) is 0 Å². The molecule has 0 heterocycles. The third kappa shape index (κ3) is 4.88. The molecule has 0 spiro atoms. The van der Waals surface area contributed by atoms with Crippen molar-refractivity contribution in [1.82, 2.24) is 5.32 Å². The summed E-state index contributed by atoms with van der Waals surface area (Å²) in [4.78, 5) is 22.3. The number of rotatable bonds is 3. The Bertz CT molecular complexity index is 871. The second kappa shape index (κ2) is 8.09. The zero-order valence-corrected chi connectivity index (χ0v) is 16.8. The van der Waals surface area contributed by atoms with Gasteiger partial charge in [0.15, 0.2) is 5.11 Å². The van der Waals surface area contributed by atoms with Crippen LogP contribution in [0.25, 0.3) is 0 Å². The van der Waals surface area contributed by atoms with Crippen molar-refractivity contribution >= 4 is 78.1 Å². The Morgan fingerprint density at radius 1 is 1.24 bits per heavy atom. The van der Waals surface area contributed by atoms with Gasteiger partial charge in [-0.1, -0.05) is 11.6 Å². The molecule has 2 aromatic rings. The Balaban J connectivity index is 2.10. The molecule has 130 valence electrons. The van der Waals surface area contributed by atoms with Gasteiger partial charge in [-0.15, -0.1) is 0 Å². The fourth-order valence-corrected chi connectivity index (χ4v) is 3.43. The molecule has 2 aromatic carbocycles. The minimum atomic E-state index is -0.616. The Morgan fingerprint density at radius 2 is 1.84 bits per heavy atom. The Labute approximate surface area is 168 Å². The molecule has 0 unspecified atom stereocenters. The average Bonchev–Trinajstić information content (AvgIpc) is 2.51. The van der Waals surface area contributed by atoms with Gasteiger partial charge in [-0.2, -0.15) is 0 Å². The number of carbonyl (C=O) groups is 1. The van der Waals surface area contributed by atoms with E-state index in [1.165, 1.54) is 12.1 Å². The van der Waals surface area contributed by atoms with E-state index in [0.29, 0.717) is 14.6 Å². The number of phenolic OH excluding ortho intramolecular Hbond substituents is 1. The van der Waals surface area contributed by atoms with E-state index in [1.807, 2.05) is 0 Å². The smallest absolute Gasteiger partial charge is 0.270 e. The molecule has 2 rings (SSSR count). The fourth-order valence-electron chi connectivity index (χ4n) is 1.77. The van der Waals surface area contributed by atoms with Crippen molar-refractivity contribution in [1.29, 1.82) is 0 Å². The summed E-state index contributed by atoms with van der Waals surface area (Å²) in [6.45, 7) is 0. The number of nitrogens with one attached hydrogen (secondary N) is 2. The number of amides is 1. The quantitative estimate of drug-likeness (QED) is 0.242. The van der Waals surface area contributed by atoms with Crippen LogP contribution in [-0.2, 0) is 0 Å². The van der Waals surface area contributed by atoms with Gasteiger partial charge < -0.3 is 10.4 Å². The molecule has 0 saturated carbocycles. The summed E-state index contributed by atoms with van der Waals surface area (Å²) >= 11 is 17.3. The van der Waals surface area contributed by atoms with E-state index in [2.05, 4.69) is 42.5 Å². The number of carbonyl (C=O) groups excluding carboxylic acids is 1. The highest BCUT2D eigenvalue weighted by atomic mass is 79.9. The van der Waals surface area contributed by atoms with E-state index in [-0.39, 0.29) is 27.1 Å². The van der Waals surface area contributed by atoms with Crippen molar-refractivity contribution in [3.05, 3.63) is 60.0 Å². The van der Waals surface area contributed by atoms with Gasteiger partial charge in [0, 0.05) is 17.8 Å². The lowest BCUT2D eigenvalue weighted by atomic mass is 10.2. The monoisotopic (exact) mass is 507 g/mol. The molecular weight excluding hydrogens is 501 g/mol. The summed E-state index contributed by atoms with van der Waals surface area (Å²) in [6, 6.07) is 6.63. The third-order valence-electron chi connectivity index (χ3n) is 2.91. The number of aromatic hydroxyl groups is 1. The molecule has 0 aliphatic rings. The lowest BCUT2D eigenvalue weighted by molar-refractivity contribution is -0.384. The van der Waals surface area contributed by atoms with Crippen molar-refractivity contribution in [3.8, 4) is 5.75 Å². The summed E-state index contributed by atoms with van der Waals surface area (Å²) in [5.74, 6) is -0.590. The van der Waals surface area contributed by atoms with E-state index in [4.69, 9.17) is 23.8 Å². The molecule has 0 fully saturated rings. The van der Waals surface area contributed by atoms with Crippen molar-refractivity contribution in [2.75, 3.05) is 5.32 Å². The lowest BCUT2D eigenvalue weighted by Gasteiger charge is -2.12. The maximum atomic E-state index is 12.2. The van der Waals surface area contributed by atoms with Gasteiger partial charge in [-0.05, 0) is 62.3 Å². The Kier molecular flexibility index (Phi) is 6.33. The normalized spacial score (nSPS) is 10.2. The molecule has 0 radical (unpaired) electrons. The van der Waals surface area contributed by atoms with Crippen LogP contribution >= 0.6 is 55.7 Å². The summed E-state index contributed by atoms with van der Waals surface area (Å²) in [7, 11) is 0. The number of phenols is 1. The first-order valence-corrected chi connectivity index (χ1v) is 8.80. The zero-order chi connectivity index (χ0) is 18.7. The molecule has 25 heavy (non-hydrogen) atoms. The van der Waals surface area contributed by atoms with E-state index in [0.717, 1.165) is 6.07 Å². The highest BCUT2D eigenvalue weighted by molar-refractivity contribution is 9.11. The van der Waals surface area contributed by atoms with Gasteiger partial charge in [-0.3, -0.25) is 20.2 Å². The molecule has 0 aliphatic carbocycles. The van der Waals surface area contributed by atoms with Crippen LogP contribution in [0.2, 0.25) is 5.02 Å². The molecule has 0 saturated heterocycles. The number of halogens is 3. The number of hydrogen-bond donors (Lipinski definition) is 3. The summed E-state index contributed by atoms with van der Waals surface area (Å²) < 4.78 is 0.855. The van der Waals surface area contributed by atoms with Crippen molar-refractivity contribution in [3.63, 3.8) is 0 Å². The number of thiocarbonyl (C=S) groups is 1. The zero-order valence-electron chi connectivity index (χ0n) is 12.0. The minimum absolute atomic E-state index is 0.0103. The van der Waals surface area contributed by atoms with Crippen molar-refractivity contribution < 1.29 is 14.8 Å². The number of anilines is 1. The standard InChI is InChI=1S/C14H8Br2ClN3O4S/c15-9-3-6(4-10(16)12(9)21)18-14(25)19-13(22)8-2-1-7(20(23)24)5-11(8)17/h1-5,21H,(H2,18,19,22,25). The van der Waals surface area contributed by atoms with Gasteiger partial charge >= 0.3 is 0 Å². The highest BCUT2D eigenvalue weighted by Gasteiger charge is 2.16. The number of nitrogens with zero attached hydrogens (tertiary/aromatic N) is 1. The molecule has 0 atom stereocenters. The maximum Gasteiger partial charge on any atom is 0.270 e. The third-order valence-corrected chi connectivity index (χ3v) is 4.64. The van der Waals surface area contributed by atoms with Gasteiger partial charge in [0.2, 0.25) is 0 Å². The van der Waals surface area contributed by atoms with E-state index in [9.17, 15) is 20.0 Å². The topological polar surface area (TPSA) is 104 Å². The van der Waals surface area contributed by atoms with Crippen LogP contribution in [0, 0.1) is 10.1 Å². The predicted octanol–water partition coefficient (Wildman–Crippen LogP) is 4.61. The van der Waals surface area contributed by atoms with Crippen LogP contribution in [0.5, 0.6) is 5.75 Å². The van der Waals surface area contributed by atoms with Crippen LogP contribution in [-0.4, -0.2) is 21.0 Å². The van der Waals surface area contributed by atoms with Gasteiger partial charge in [0.25, 0.3) is 11.6 Å². The molecule has 0 aromatic heterocycles. The van der Waals surface area contributed by atoms with Crippen LogP contribution < -0.4 is 10.6 Å². The van der Waals surface area contributed by atoms with E-state index >= 15 is 0 Å². The average molecular weight is 510 g/mol. The molecule has 1 amide bonds. The summed E-state index contributed by atoms with van der Waals surface area (Å²) in [5, 5.41) is 25.5. The second-order valence-electron chi connectivity index (χ2n) is 4.62. The predicted molar refractivity (Wildman–Crippen MR) is 105 cm³/mol. The van der Waals surface area contributed by atoms with Crippen LogP contribution in [0.1, 0.15) is 10.4 Å². The molecule has 0 aliphatic heterocycles. The Morgan fingerprint density at radius 3 is 2.36 bits per heavy atom.